The van der Waals surface area contributed by atoms with Crippen molar-refractivity contribution in [1.29, 1.82) is 0 Å². The van der Waals surface area contributed by atoms with E-state index in [1.54, 1.807) is 4.90 Å². The van der Waals surface area contributed by atoms with Crippen LogP contribution in [0.5, 0.6) is 11.5 Å². The number of hydrogen-bond acceptors (Lipinski definition) is 4. The van der Waals surface area contributed by atoms with Gasteiger partial charge < -0.3 is 14.4 Å². The number of nitrogens with zero attached hydrogens (tertiary/aromatic N) is 2. The molecular formula is C22H24F2N2O3. The molecule has 2 aromatic rings. The van der Waals surface area contributed by atoms with E-state index in [2.05, 4.69) is 33.9 Å². The highest BCUT2D eigenvalue weighted by atomic mass is 19.3. The third-order valence-corrected chi connectivity index (χ3v) is 4.76. The SMILES string of the molecule is COc1cc(C(=O)N2CCN(C/C=C/c3ccccc3)CC2)ccc1OC(F)F. The van der Waals surface area contributed by atoms with Crippen LogP contribution in [0.15, 0.2) is 54.6 Å². The molecule has 0 unspecified atom stereocenters. The molecule has 1 saturated heterocycles. The Bertz CT molecular complexity index is 835. The minimum atomic E-state index is -2.95. The van der Waals surface area contributed by atoms with Crippen LogP contribution in [-0.2, 0) is 0 Å². The fourth-order valence-electron chi connectivity index (χ4n) is 3.21. The van der Waals surface area contributed by atoms with Crippen LogP contribution >= 0.6 is 0 Å². The first-order valence-electron chi connectivity index (χ1n) is 9.43. The highest BCUT2D eigenvalue weighted by Crippen LogP contribution is 2.30. The van der Waals surface area contributed by atoms with Crippen molar-refractivity contribution in [3.05, 3.63) is 65.7 Å². The maximum absolute atomic E-state index is 12.8. The quantitative estimate of drug-likeness (QED) is 0.707. The van der Waals surface area contributed by atoms with Gasteiger partial charge in [0.05, 0.1) is 7.11 Å². The van der Waals surface area contributed by atoms with Crippen LogP contribution in [0.3, 0.4) is 0 Å². The van der Waals surface area contributed by atoms with Crippen molar-refractivity contribution in [3.8, 4) is 11.5 Å². The molecule has 0 spiro atoms. The Morgan fingerprint density at radius 1 is 1.07 bits per heavy atom. The maximum atomic E-state index is 12.8. The molecule has 29 heavy (non-hydrogen) atoms. The van der Waals surface area contributed by atoms with Gasteiger partial charge >= 0.3 is 6.61 Å². The number of amides is 1. The van der Waals surface area contributed by atoms with Gasteiger partial charge in [-0.2, -0.15) is 8.78 Å². The van der Waals surface area contributed by atoms with Gasteiger partial charge in [-0.3, -0.25) is 9.69 Å². The second-order valence-electron chi connectivity index (χ2n) is 6.65. The minimum absolute atomic E-state index is 0.0888. The smallest absolute Gasteiger partial charge is 0.387 e. The molecule has 0 radical (unpaired) electrons. The number of halogens is 2. The number of alkyl halides is 2. The van der Waals surface area contributed by atoms with Gasteiger partial charge in [-0.05, 0) is 23.8 Å². The van der Waals surface area contributed by atoms with Crippen molar-refractivity contribution in [3.63, 3.8) is 0 Å². The summed E-state index contributed by atoms with van der Waals surface area (Å²) in [7, 11) is 1.35. The first-order valence-corrected chi connectivity index (χ1v) is 9.43. The van der Waals surface area contributed by atoms with Gasteiger partial charge in [-0.15, -0.1) is 0 Å². The normalized spacial score (nSPS) is 15.1. The summed E-state index contributed by atoms with van der Waals surface area (Å²) in [5.74, 6) is -0.124. The highest BCUT2D eigenvalue weighted by Gasteiger charge is 2.23. The number of carbonyl (C=O) groups is 1. The van der Waals surface area contributed by atoms with Crippen LogP contribution in [0.25, 0.3) is 6.08 Å². The summed E-state index contributed by atoms with van der Waals surface area (Å²) < 4.78 is 34.4. The first kappa shape index (κ1) is 20.8. The van der Waals surface area contributed by atoms with E-state index < -0.39 is 6.61 Å². The number of ether oxygens (including phenoxy) is 2. The molecule has 7 heteroatoms. The van der Waals surface area contributed by atoms with E-state index in [1.165, 1.54) is 25.3 Å². The van der Waals surface area contributed by atoms with E-state index in [1.807, 2.05) is 18.2 Å². The Balaban J connectivity index is 1.54. The van der Waals surface area contributed by atoms with E-state index in [9.17, 15) is 13.6 Å². The Morgan fingerprint density at radius 2 is 1.79 bits per heavy atom. The topological polar surface area (TPSA) is 42.0 Å². The predicted octanol–water partition coefficient (Wildman–Crippen LogP) is 3.77. The lowest BCUT2D eigenvalue weighted by Gasteiger charge is -2.34. The lowest BCUT2D eigenvalue weighted by atomic mass is 10.1. The summed E-state index contributed by atoms with van der Waals surface area (Å²) in [4.78, 5) is 16.8. The number of hydrogen-bond donors (Lipinski definition) is 0. The van der Waals surface area contributed by atoms with Crippen molar-refractivity contribution in [2.24, 2.45) is 0 Å². The van der Waals surface area contributed by atoms with Crippen molar-refractivity contribution in [2.45, 2.75) is 6.61 Å². The summed E-state index contributed by atoms with van der Waals surface area (Å²) in [6.45, 7) is 0.633. The summed E-state index contributed by atoms with van der Waals surface area (Å²) in [6, 6.07) is 14.4. The number of benzene rings is 2. The number of methoxy groups -OCH3 is 1. The molecule has 1 aliphatic rings. The molecule has 0 saturated carbocycles. The fourth-order valence-corrected chi connectivity index (χ4v) is 3.21. The Hall–Kier alpha value is -2.93. The Labute approximate surface area is 169 Å². The summed E-state index contributed by atoms with van der Waals surface area (Å²) in [6.07, 6.45) is 4.21. The number of carbonyl (C=O) groups excluding carboxylic acids is 1. The Kier molecular flexibility index (Phi) is 7.19. The molecule has 0 N–H and O–H groups in total. The zero-order valence-corrected chi connectivity index (χ0v) is 16.3. The van der Waals surface area contributed by atoms with E-state index in [4.69, 9.17) is 4.74 Å². The molecule has 0 atom stereocenters. The van der Waals surface area contributed by atoms with Gasteiger partial charge in [-0.25, -0.2) is 0 Å². The second kappa shape index (κ2) is 10.0. The van der Waals surface area contributed by atoms with Crippen LogP contribution in [0.2, 0.25) is 0 Å². The summed E-state index contributed by atoms with van der Waals surface area (Å²) in [5.41, 5.74) is 1.55. The number of rotatable bonds is 7. The van der Waals surface area contributed by atoms with E-state index in [0.29, 0.717) is 18.7 Å². The van der Waals surface area contributed by atoms with Crippen molar-refractivity contribution in [1.82, 2.24) is 9.80 Å². The zero-order chi connectivity index (χ0) is 20.6. The van der Waals surface area contributed by atoms with Crippen LogP contribution in [0.1, 0.15) is 15.9 Å². The van der Waals surface area contributed by atoms with Gasteiger partial charge in [0.25, 0.3) is 5.91 Å². The molecule has 1 amide bonds. The average molecular weight is 402 g/mol. The molecule has 5 nitrogen and oxygen atoms in total. The first-order chi connectivity index (χ1) is 14.1. The molecule has 0 bridgehead atoms. The van der Waals surface area contributed by atoms with E-state index in [-0.39, 0.29) is 17.4 Å². The van der Waals surface area contributed by atoms with Crippen molar-refractivity contribution >= 4 is 12.0 Å². The summed E-state index contributed by atoms with van der Waals surface area (Å²) >= 11 is 0. The van der Waals surface area contributed by atoms with Crippen LogP contribution < -0.4 is 9.47 Å². The Morgan fingerprint density at radius 3 is 2.45 bits per heavy atom. The molecular weight excluding hydrogens is 378 g/mol. The monoisotopic (exact) mass is 402 g/mol. The minimum Gasteiger partial charge on any atom is -0.493 e. The van der Waals surface area contributed by atoms with Crippen LogP contribution in [0, 0.1) is 0 Å². The lowest BCUT2D eigenvalue weighted by molar-refractivity contribution is -0.0512. The second-order valence-corrected chi connectivity index (χ2v) is 6.65. The lowest BCUT2D eigenvalue weighted by Crippen LogP contribution is -2.48. The third-order valence-electron chi connectivity index (χ3n) is 4.76. The van der Waals surface area contributed by atoms with Gasteiger partial charge in [0.1, 0.15) is 0 Å². The van der Waals surface area contributed by atoms with Gasteiger partial charge in [0.15, 0.2) is 11.5 Å². The molecule has 3 rings (SSSR count). The standard InChI is InChI=1S/C22H24F2N2O3/c1-28-20-16-18(9-10-19(20)29-22(23)24)21(27)26-14-12-25(13-15-26)11-5-8-17-6-3-2-4-7-17/h2-10,16,22H,11-15H2,1H3/b8-5+. The van der Waals surface area contributed by atoms with Crippen molar-refractivity contribution < 1.29 is 23.0 Å². The van der Waals surface area contributed by atoms with Gasteiger partial charge in [0, 0.05) is 38.3 Å². The van der Waals surface area contributed by atoms with Crippen LogP contribution in [0.4, 0.5) is 8.78 Å². The van der Waals surface area contributed by atoms with E-state index >= 15 is 0 Å². The molecule has 0 aromatic heterocycles. The highest BCUT2D eigenvalue weighted by molar-refractivity contribution is 5.95. The fraction of sp³-hybridized carbons (Fsp3) is 0.318. The molecule has 1 heterocycles. The number of piperazine rings is 1. The zero-order valence-electron chi connectivity index (χ0n) is 16.3. The third kappa shape index (κ3) is 5.77. The van der Waals surface area contributed by atoms with Crippen LogP contribution in [-0.4, -0.2) is 62.2 Å². The maximum Gasteiger partial charge on any atom is 0.387 e. The largest absolute Gasteiger partial charge is 0.493 e. The average Bonchev–Trinajstić information content (AvgIpc) is 2.74. The molecule has 1 fully saturated rings. The van der Waals surface area contributed by atoms with Gasteiger partial charge in [-0.1, -0.05) is 42.5 Å². The molecule has 0 aliphatic carbocycles. The molecule has 1 aliphatic heterocycles. The summed E-state index contributed by atoms with van der Waals surface area (Å²) in [5, 5.41) is 0. The van der Waals surface area contributed by atoms with Crippen molar-refractivity contribution in [2.75, 3.05) is 39.8 Å². The predicted molar refractivity (Wildman–Crippen MR) is 107 cm³/mol. The van der Waals surface area contributed by atoms with E-state index in [0.717, 1.165) is 25.2 Å². The van der Waals surface area contributed by atoms with Gasteiger partial charge in [0.2, 0.25) is 0 Å². The molecule has 154 valence electrons. The molecule has 2 aromatic carbocycles.